The molecule has 0 radical (unpaired) electrons. The molecule has 2 nitrogen and oxygen atoms in total. The zero-order valence-corrected chi connectivity index (χ0v) is 9.14. The van der Waals surface area contributed by atoms with Gasteiger partial charge in [0.05, 0.1) is 7.11 Å². The molecule has 0 atom stereocenters. The van der Waals surface area contributed by atoms with E-state index >= 15 is 0 Å². The highest BCUT2D eigenvalue weighted by Gasteiger charge is 2.02. The first-order valence-corrected chi connectivity index (χ1v) is 4.56. The molecule has 0 aliphatic carbocycles. The van der Waals surface area contributed by atoms with Gasteiger partial charge in [-0.1, -0.05) is 13.8 Å². The van der Waals surface area contributed by atoms with E-state index in [9.17, 15) is 0 Å². The van der Waals surface area contributed by atoms with Crippen molar-refractivity contribution in [2.45, 2.75) is 27.7 Å². The van der Waals surface area contributed by atoms with Crippen molar-refractivity contribution in [2.24, 2.45) is 0 Å². The minimum Gasteiger partial charge on any atom is -0.496 e. The smallest absolute Gasteiger partial charge is 0.122 e. The van der Waals surface area contributed by atoms with Crippen LogP contribution in [0.3, 0.4) is 0 Å². The number of ether oxygens (including phenoxy) is 1. The summed E-state index contributed by atoms with van der Waals surface area (Å²) in [6.07, 6.45) is 0. The lowest BCUT2D eigenvalue weighted by Crippen LogP contribution is -1.95. The Morgan fingerprint density at radius 2 is 1.62 bits per heavy atom. The van der Waals surface area contributed by atoms with Gasteiger partial charge in [0.15, 0.2) is 0 Å². The Morgan fingerprint density at radius 3 is 2.08 bits per heavy atom. The lowest BCUT2D eigenvalue weighted by atomic mass is 10.1. The summed E-state index contributed by atoms with van der Waals surface area (Å²) in [6, 6.07) is 3.75. The molecule has 2 N–H and O–H groups in total. The van der Waals surface area contributed by atoms with Crippen LogP contribution < -0.4 is 10.5 Å². The normalized spacial score (nSPS) is 8.69. The van der Waals surface area contributed by atoms with Crippen molar-refractivity contribution in [3.8, 4) is 5.75 Å². The summed E-state index contributed by atoms with van der Waals surface area (Å²) < 4.78 is 5.13. The fraction of sp³-hybridized carbons (Fsp3) is 0.455. The van der Waals surface area contributed by atoms with Crippen molar-refractivity contribution in [3.05, 3.63) is 23.3 Å². The average Bonchev–Trinajstić information content (AvgIpc) is 2.18. The number of methoxy groups -OCH3 is 1. The summed E-state index contributed by atoms with van der Waals surface area (Å²) >= 11 is 0. The van der Waals surface area contributed by atoms with E-state index in [1.54, 1.807) is 7.11 Å². The third-order valence-electron chi connectivity index (χ3n) is 2.00. The quantitative estimate of drug-likeness (QED) is 0.676. The van der Waals surface area contributed by atoms with Gasteiger partial charge < -0.3 is 10.5 Å². The molecule has 1 rings (SSSR count). The van der Waals surface area contributed by atoms with Gasteiger partial charge in [0.25, 0.3) is 0 Å². The average molecular weight is 181 g/mol. The number of hydrogen-bond donors (Lipinski definition) is 1. The number of hydrogen-bond acceptors (Lipinski definition) is 2. The molecule has 0 bridgehead atoms. The first-order chi connectivity index (χ1) is 6.16. The predicted molar refractivity (Wildman–Crippen MR) is 58.2 cm³/mol. The Bertz CT molecular complexity index is 269. The number of anilines is 1. The number of benzene rings is 1. The maximum atomic E-state index is 5.69. The molecule has 0 aliphatic heterocycles. The molecule has 0 aromatic heterocycles. The summed E-state index contributed by atoms with van der Waals surface area (Å²) in [5.74, 6) is 0.900. The fourth-order valence-corrected chi connectivity index (χ4v) is 1.04. The van der Waals surface area contributed by atoms with Gasteiger partial charge in [-0.3, -0.25) is 0 Å². The van der Waals surface area contributed by atoms with E-state index in [4.69, 9.17) is 10.5 Å². The highest BCUT2D eigenvalue weighted by molar-refractivity contribution is 5.54. The van der Waals surface area contributed by atoms with Crippen LogP contribution in [0.4, 0.5) is 5.69 Å². The van der Waals surface area contributed by atoms with Gasteiger partial charge in [-0.05, 0) is 37.1 Å². The van der Waals surface area contributed by atoms with Gasteiger partial charge in [0.2, 0.25) is 0 Å². The van der Waals surface area contributed by atoms with Gasteiger partial charge >= 0.3 is 0 Å². The first kappa shape index (κ1) is 11.8. The van der Waals surface area contributed by atoms with Crippen LogP contribution in [0.2, 0.25) is 0 Å². The summed E-state index contributed by atoms with van der Waals surface area (Å²) in [6.45, 7) is 8.00. The maximum Gasteiger partial charge on any atom is 0.122 e. The van der Waals surface area contributed by atoms with Crippen molar-refractivity contribution in [1.82, 2.24) is 0 Å². The van der Waals surface area contributed by atoms with Gasteiger partial charge in [-0.15, -0.1) is 0 Å². The second kappa shape index (κ2) is 5.46. The van der Waals surface area contributed by atoms with Crippen molar-refractivity contribution in [3.63, 3.8) is 0 Å². The molecule has 0 saturated carbocycles. The minimum atomic E-state index is 0.823. The van der Waals surface area contributed by atoms with Crippen molar-refractivity contribution < 1.29 is 4.74 Å². The topological polar surface area (TPSA) is 35.2 Å². The van der Waals surface area contributed by atoms with E-state index < -0.39 is 0 Å². The molecular weight excluding hydrogens is 162 g/mol. The Kier molecular flexibility index (Phi) is 4.97. The minimum absolute atomic E-state index is 0.823. The van der Waals surface area contributed by atoms with Crippen molar-refractivity contribution >= 4 is 5.69 Å². The van der Waals surface area contributed by atoms with Gasteiger partial charge in [0.1, 0.15) is 5.75 Å². The highest BCUT2D eigenvalue weighted by Crippen LogP contribution is 2.24. The summed E-state index contributed by atoms with van der Waals surface area (Å²) in [4.78, 5) is 0. The van der Waals surface area contributed by atoms with E-state index in [1.807, 2.05) is 39.8 Å². The molecule has 1 aromatic rings. The van der Waals surface area contributed by atoms with Gasteiger partial charge in [0, 0.05) is 5.69 Å². The lowest BCUT2D eigenvalue weighted by Gasteiger charge is -2.08. The molecule has 0 fully saturated rings. The monoisotopic (exact) mass is 181 g/mol. The number of rotatable bonds is 1. The zero-order chi connectivity index (χ0) is 10.4. The maximum absolute atomic E-state index is 5.69. The molecule has 74 valence electrons. The van der Waals surface area contributed by atoms with Crippen molar-refractivity contribution in [1.29, 1.82) is 0 Å². The summed E-state index contributed by atoms with van der Waals surface area (Å²) in [5.41, 5.74) is 8.73. The van der Waals surface area contributed by atoms with E-state index in [0.717, 1.165) is 22.6 Å². The van der Waals surface area contributed by atoms with Crippen LogP contribution in [-0.2, 0) is 0 Å². The Balaban J connectivity index is 0.000000671. The number of nitrogens with two attached hydrogens (primary N) is 1. The van der Waals surface area contributed by atoms with Crippen LogP contribution >= 0.6 is 0 Å². The molecule has 0 amide bonds. The molecule has 0 aliphatic rings. The Morgan fingerprint density at radius 1 is 1.08 bits per heavy atom. The van der Waals surface area contributed by atoms with E-state index in [0.29, 0.717) is 0 Å². The van der Waals surface area contributed by atoms with Crippen molar-refractivity contribution in [2.75, 3.05) is 12.8 Å². The second-order valence-corrected chi connectivity index (χ2v) is 2.61. The fourth-order valence-electron chi connectivity index (χ4n) is 1.04. The van der Waals surface area contributed by atoms with Crippen LogP contribution in [0.5, 0.6) is 5.75 Å². The standard InChI is InChI=1S/C9H13NO.C2H6/c1-6-7(2)9(11-3)5-4-8(6)10;1-2/h4-5H,10H2,1-3H3;1-2H3. The molecule has 13 heavy (non-hydrogen) atoms. The van der Waals surface area contributed by atoms with Crippen LogP contribution in [0.1, 0.15) is 25.0 Å². The lowest BCUT2D eigenvalue weighted by molar-refractivity contribution is 0.411. The predicted octanol–water partition coefficient (Wildman–Crippen LogP) is 2.92. The van der Waals surface area contributed by atoms with E-state index in [-0.39, 0.29) is 0 Å². The molecule has 0 heterocycles. The highest BCUT2D eigenvalue weighted by atomic mass is 16.5. The zero-order valence-electron chi connectivity index (χ0n) is 9.14. The molecule has 2 heteroatoms. The molecule has 0 unspecified atom stereocenters. The second-order valence-electron chi connectivity index (χ2n) is 2.61. The third kappa shape index (κ3) is 2.65. The van der Waals surface area contributed by atoms with Crippen LogP contribution in [0.25, 0.3) is 0 Å². The molecule has 0 saturated heterocycles. The van der Waals surface area contributed by atoms with Crippen LogP contribution in [-0.4, -0.2) is 7.11 Å². The summed E-state index contributed by atoms with van der Waals surface area (Å²) in [7, 11) is 1.66. The third-order valence-corrected chi connectivity index (χ3v) is 2.00. The largest absolute Gasteiger partial charge is 0.496 e. The van der Waals surface area contributed by atoms with Crippen LogP contribution in [0, 0.1) is 13.8 Å². The van der Waals surface area contributed by atoms with Gasteiger partial charge in [-0.25, -0.2) is 0 Å². The molecule has 1 aromatic carbocycles. The number of nitrogen functional groups attached to an aromatic ring is 1. The summed E-state index contributed by atoms with van der Waals surface area (Å²) in [5, 5.41) is 0. The molecular formula is C11H19NO. The van der Waals surface area contributed by atoms with E-state index in [1.165, 1.54) is 0 Å². The first-order valence-electron chi connectivity index (χ1n) is 4.56. The Labute approximate surface area is 80.7 Å². The van der Waals surface area contributed by atoms with Gasteiger partial charge in [-0.2, -0.15) is 0 Å². The SMILES string of the molecule is CC.COc1ccc(N)c(C)c1C. The van der Waals surface area contributed by atoms with Crippen LogP contribution in [0.15, 0.2) is 12.1 Å². The Hall–Kier alpha value is -1.18. The van der Waals surface area contributed by atoms with E-state index in [2.05, 4.69) is 0 Å². The molecule has 0 spiro atoms.